The second-order valence-corrected chi connectivity index (χ2v) is 6.71. The van der Waals surface area contributed by atoms with E-state index in [9.17, 15) is 13.6 Å². The highest BCUT2D eigenvalue weighted by Crippen LogP contribution is 2.29. The van der Waals surface area contributed by atoms with Crippen LogP contribution in [-0.2, 0) is 7.05 Å². The zero-order chi connectivity index (χ0) is 20.5. The molecule has 0 atom stereocenters. The average Bonchev–Trinajstić information content (AvgIpc) is 3.08. The Bertz CT molecular complexity index is 1070. The zero-order valence-electron chi connectivity index (χ0n) is 15.7. The van der Waals surface area contributed by atoms with Crippen LogP contribution in [0.4, 0.5) is 20.3 Å². The van der Waals surface area contributed by atoms with Gasteiger partial charge in [-0.25, -0.2) is 13.5 Å². The van der Waals surface area contributed by atoms with E-state index in [4.69, 9.17) is 9.84 Å². The van der Waals surface area contributed by atoms with Gasteiger partial charge >= 0.3 is 0 Å². The molecule has 0 aliphatic carbocycles. The number of aliphatic hydroxyl groups is 1. The zero-order valence-corrected chi connectivity index (χ0v) is 15.7. The summed E-state index contributed by atoms with van der Waals surface area (Å²) in [5, 5.41) is 16.5. The van der Waals surface area contributed by atoms with E-state index in [1.165, 1.54) is 4.68 Å². The summed E-state index contributed by atoms with van der Waals surface area (Å²) in [6, 6.07) is 4.02. The summed E-state index contributed by atoms with van der Waals surface area (Å²) in [5.41, 5.74) is 0.439. The molecular weight excluding hydrogens is 386 g/mol. The molecule has 154 valence electrons. The van der Waals surface area contributed by atoms with Crippen molar-refractivity contribution in [1.29, 1.82) is 0 Å². The van der Waals surface area contributed by atoms with Gasteiger partial charge in [0.1, 0.15) is 23.9 Å². The molecule has 11 heteroatoms. The Hall–Kier alpha value is -3.21. The van der Waals surface area contributed by atoms with E-state index in [0.29, 0.717) is 37.5 Å². The van der Waals surface area contributed by atoms with Crippen molar-refractivity contribution in [3.8, 4) is 5.75 Å². The molecule has 1 aromatic carbocycles. The van der Waals surface area contributed by atoms with Gasteiger partial charge < -0.3 is 24.6 Å². The predicted octanol–water partition coefficient (Wildman–Crippen LogP) is 0.632. The van der Waals surface area contributed by atoms with Gasteiger partial charge in [0.25, 0.3) is 5.56 Å². The lowest BCUT2D eigenvalue weighted by molar-refractivity contribution is 0.200. The fourth-order valence-corrected chi connectivity index (χ4v) is 3.46. The number of fused-ring (bicyclic) bond motifs is 1. The van der Waals surface area contributed by atoms with Crippen LogP contribution in [0.1, 0.15) is 0 Å². The largest absolute Gasteiger partial charge is 0.491 e. The van der Waals surface area contributed by atoms with Crippen molar-refractivity contribution in [2.45, 2.75) is 0 Å². The third-order valence-corrected chi connectivity index (χ3v) is 4.89. The summed E-state index contributed by atoms with van der Waals surface area (Å²) in [4.78, 5) is 18.6. The number of nitrogens with one attached hydrogen (secondary N) is 1. The summed E-state index contributed by atoms with van der Waals surface area (Å²) in [6.07, 6.45) is 0. The van der Waals surface area contributed by atoms with E-state index in [-0.39, 0.29) is 35.7 Å². The normalized spacial score (nSPS) is 14.6. The van der Waals surface area contributed by atoms with Crippen LogP contribution in [0.2, 0.25) is 0 Å². The Morgan fingerprint density at radius 3 is 2.45 bits per heavy atom. The molecule has 29 heavy (non-hydrogen) atoms. The molecule has 0 saturated carbocycles. The fraction of sp³-hybridized carbons (Fsp3) is 0.389. The van der Waals surface area contributed by atoms with Crippen molar-refractivity contribution in [3.05, 3.63) is 40.2 Å². The number of nitrogens with zero attached hydrogens (tertiary/aromatic N) is 5. The molecule has 3 heterocycles. The van der Waals surface area contributed by atoms with Gasteiger partial charge in [0.15, 0.2) is 17.2 Å². The monoisotopic (exact) mass is 406 g/mol. The minimum absolute atomic E-state index is 0.0344. The number of H-pyrrole nitrogens is 1. The summed E-state index contributed by atoms with van der Waals surface area (Å²) < 4.78 is 35.6. The number of hydrogen-bond donors (Lipinski definition) is 2. The Morgan fingerprint density at radius 2 is 1.79 bits per heavy atom. The summed E-state index contributed by atoms with van der Waals surface area (Å²) in [5.74, 6) is -0.794. The Morgan fingerprint density at radius 1 is 1.14 bits per heavy atom. The number of aromatic nitrogens is 4. The average molecular weight is 406 g/mol. The maximum atomic E-state index is 14.5. The molecule has 4 rings (SSSR count). The third kappa shape index (κ3) is 3.60. The number of anilines is 2. The molecule has 0 spiro atoms. The smallest absolute Gasteiger partial charge is 0.279 e. The topological polar surface area (TPSA) is 99.5 Å². The van der Waals surface area contributed by atoms with Crippen molar-refractivity contribution < 1.29 is 18.6 Å². The quantitative estimate of drug-likeness (QED) is 0.641. The van der Waals surface area contributed by atoms with Gasteiger partial charge in [-0.05, 0) is 0 Å². The fourth-order valence-electron chi connectivity index (χ4n) is 3.46. The number of aryl methyl sites for hydroxylation is 1. The number of halogens is 2. The second kappa shape index (κ2) is 7.66. The molecule has 2 aromatic heterocycles. The van der Waals surface area contributed by atoms with Crippen LogP contribution in [0.5, 0.6) is 5.75 Å². The Balaban J connectivity index is 1.51. The van der Waals surface area contributed by atoms with E-state index in [1.807, 2.05) is 4.90 Å². The molecule has 0 amide bonds. The van der Waals surface area contributed by atoms with E-state index in [1.54, 1.807) is 18.0 Å². The number of aromatic amines is 1. The molecule has 0 bridgehead atoms. The van der Waals surface area contributed by atoms with E-state index in [2.05, 4.69) is 15.3 Å². The lowest BCUT2D eigenvalue weighted by atomic mass is 10.2. The van der Waals surface area contributed by atoms with Gasteiger partial charge in [-0.3, -0.25) is 4.79 Å². The summed E-state index contributed by atoms with van der Waals surface area (Å²) in [7, 11) is 1.70. The third-order valence-electron chi connectivity index (χ3n) is 4.89. The van der Waals surface area contributed by atoms with E-state index >= 15 is 0 Å². The van der Waals surface area contributed by atoms with Crippen LogP contribution in [-0.4, -0.2) is 64.5 Å². The van der Waals surface area contributed by atoms with Crippen molar-refractivity contribution in [2.24, 2.45) is 7.05 Å². The van der Waals surface area contributed by atoms with Crippen molar-refractivity contribution in [3.63, 3.8) is 0 Å². The number of aliphatic hydroxyl groups excluding tert-OH is 1. The highest BCUT2D eigenvalue weighted by molar-refractivity contribution is 5.76. The summed E-state index contributed by atoms with van der Waals surface area (Å²) >= 11 is 0. The van der Waals surface area contributed by atoms with Crippen molar-refractivity contribution in [2.75, 3.05) is 49.2 Å². The molecule has 1 aliphatic heterocycles. The standard InChI is InChI=1S/C18H20F2N6O3/c1-24-14-10-15(21-18(28)16(14)22-23-24)25-2-4-26(5-3-25)17-12(19)8-11(9-13(17)20)29-7-6-27/h8-10,27H,2-7H2,1H3,(H,21,28). The van der Waals surface area contributed by atoms with Gasteiger partial charge in [-0.2, -0.15) is 0 Å². The Labute approximate surface area is 164 Å². The van der Waals surface area contributed by atoms with E-state index in [0.717, 1.165) is 12.1 Å². The van der Waals surface area contributed by atoms with Crippen LogP contribution in [0.15, 0.2) is 23.0 Å². The first-order chi connectivity index (χ1) is 14.0. The maximum absolute atomic E-state index is 14.5. The van der Waals surface area contributed by atoms with Gasteiger partial charge in [0.05, 0.1) is 12.1 Å². The number of hydrogen-bond acceptors (Lipinski definition) is 7. The van der Waals surface area contributed by atoms with Gasteiger partial charge in [-0.15, -0.1) is 5.10 Å². The first-order valence-electron chi connectivity index (χ1n) is 9.13. The number of ether oxygens (including phenoxy) is 1. The Kier molecular flexibility index (Phi) is 5.05. The first kappa shape index (κ1) is 19.1. The predicted molar refractivity (Wildman–Crippen MR) is 102 cm³/mol. The van der Waals surface area contributed by atoms with Gasteiger partial charge in [0.2, 0.25) is 0 Å². The van der Waals surface area contributed by atoms with Crippen LogP contribution in [0, 0.1) is 11.6 Å². The van der Waals surface area contributed by atoms with Crippen LogP contribution < -0.4 is 20.1 Å². The number of piperazine rings is 1. The molecular formula is C18H20F2N6O3. The molecule has 0 radical (unpaired) electrons. The summed E-state index contributed by atoms with van der Waals surface area (Å²) in [6.45, 7) is 1.40. The lowest BCUT2D eigenvalue weighted by Gasteiger charge is -2.37. The van der Waals surface area contributed by atoms with Gasteiger partial charge in [-0.1, -0.05) is 5.21 Å². The first-order valence-corrected chi connectivity index (χ1v) is 9.13. The van der Waals surface area contributed by atoms with Crippen LogP contribution in [0.25, 0.3) is 11.0 Å². The molecule has 1 saturated heterocycles. The minimum Gasteiger partial charge on any atom is -0.491 e. The molecule has 1 fully saturated rings. The molecule has 2 N–H and O–H groups in total. The van der Waals surface area contributed by atoms with Crippen molar-refractivity contribution in [1.82, 2.24) is 20.0 Å². The van der Waals surface area contributed by atoms with Gasteiger partial charge in [0, 0.05) is 51.4 Å². The number of rotatable bonds is 5. The molecule has 0 unspecified atom stereocenters. The minimum atomic E-state index is -0.720. The molecule has 3 aromatic rings. The second-order valence-electron chi connectivity index (χ2n) is 6.71. The lowest BCUT2D eigenvalue weighted by Crippen LogP contribution is -2.47. The number of benzene rings is 1. The molecule has 9 nitrogen and oxygen atoms in total. The molecule has 1 aliphatic rings. The number of pyridine rings is 1. The van der Waals surface area contributed by atoms with Crippen molar-refractivity contribution >= 4 is 22.5 Å². The van der Waals surface area contributed by atoms with E-state index < -0.39 is 11.6 Å². The SMILES string of the molecule is Cn1nnc2c(=O)[nH]c(N3CCN(c4c(F)cc(OCCO)cc4F)CC3)cc21. The maximum Gasteiger partial charge on any atom is 0.279 e. The van der Waals surface area contributed by atoms with Crippen LogP contribution >= 0.6 is 0 Å². The highest BCUT2D eigenvalue weighted by atomic mass is 19.1. The highest BCUT2D eigenvalue weighted by Gasteiger charge is 2.24. The van der Waals surface area contributed by atoms with Crippen LogP contribution in [0.3, 0.4) is 0 Å².